The number of hydrogen-bond acceptors (Lipinski definition) is 2. The minimum absolute atomic E-state index is 0.398. The number of aromatic hydroxyl groups is 1. The first-order chi connectivity index (χ1) is 6.27. The van der Waals surface area contributed by atoms with Gasteiger partial charge in [0.15, 0.2) is 0 Å². The second-order valence-electron chi connectivity index (χ2n) is 3.74. The first-order valence-electron chi connectivity index (χ1n) is 4.77. The summed E-state index contributed by atoms with van der Waals surface area (Å²) in [6, 6.07) is 5.91. The second kappa shape index (κ2) is 3.38. The van der Waals surface area contributed by atoms with Crippen molar-refractivity contribution in [3.8, 4) is 5.75 Å². The molecule has 70 valence electrons. The molecule has 2 rings (SSSR count). The molecule has 1 aromatic carbocycles. The van der Waals surface area contributed by atoms with E-state index in [4.69, 9.17) is 0 Å². The number of aryl methyl sites for hydroxylation is 1. The van der Waals surface area contributed by atoms with Crippen molar-refractivity contribution in [1.29, 1.82) is 0 Å². The Bertz CT molecular complexity index is 303. The Labute approximate surface area is 78.6 Å². The van der Waals surface area contributed by atoms with Crippen molar-refractivity contribution in [2.75, 3.05) is 13.1 Å². The molecule has 13 heavy (non-hydrogen) atoms. The van der Waals surface area contributed by atoms with Crippen LogP contribution in [0.1, 0.15) is 23.5 Å². The van der Waals surface area contributed by atoms with Gasteiger partial charge in [-0.25, -0.2) is 0 Å². The molecule has 1 aromatic rings. The molecule has 1 aliphatic heterocycles. The molecular formula is C11H15NO. The van der Waals surface area contributed by atoms with Crippen LogP contribution in [0.4, 0.5) is 0 Å². The Morgan fingerprint density at radius 2 is 2.31 bits per heavy atom. The Balaban J connectivity index is 2.25. The summed E-state index contributed by atoms with van der Waals surface area (Å²) in [5.41, 5.74) is 2.32. The van der Waals surface area contributed by atoms with Crippen LogP contribution in [0.3, 0.4) is 0 Å². The molecular weight excluding hydrogens is 162 g/mol. The van der Waals surface area contributed by atoms with E-state index in [9.17, 15) is 5.11 Å². The van der Waals surface area contributed by atoms with Gasteiger partial charge in [-0.15, -0.1) is 0 Å². The number of benzene rings is 1. The average molecular weight is 177 g/mol. The van der Waals surface area contributed by atoms with Crippen LogP contribution in [0.2, 0.25) is 0 Å². The van der Waals surface area contributed by atoms with E-state index in [0.29, 0.717) is 11.7 Å². The molecule has 2 nitrogen and oxygen atoms in total. The van der Waals surface area contributed by atoms with Crippen molar-refractivity contribution >= 4 is 0 Å². The fourth-order valence-electron chi connectivity index (χ4n) is 1.87. The predicted octanol–water partition coefficient (Wildman–Crippen LogP) is 1.78. The summed E-state index contributed by atoms with van der Waals surface area (Å²) in [4.78, 5) is 0. The van der Waals surface area contributed by atoms with Crippen LogP contribution < -0.4 is 5.32 Å². The fraction of sp³-hybridized carbons (Fsp3) is 0.455. The normalized spacial score (nSPS) is 22.1. The minimum atomic E-state index is 0.398. The number of rotatable bonds is 1. The topological polar surface area (TPSA) is 32.3 Å². The van der Waals surface area contributed by atoms with Crippen molar-refractivity contribution in [1.82, 2.24) is 5.32 Å². The van der Waals surface area contributed by atoms with Gasteiger partial charge in [-0.3, -0.25) is 0 Å². The van der Waals surface area contributed by atoms with Gasteiger partial charge in [0.2, 0.25) is 0 Å². The first kappa shape index (κ1) is 8.57. The molecule has 1 saturated heterocycles. The molecule has 0 bridgehead atoms. The zero-order valence-electron chi connectivity index (χ0n) is 7.88. The maximum absolute atomic E-state index is 9.37. The van der Waals surface area contributed by atoms with Crippen LogP contribution >= 0.6 is 0 Å². The van der Waals surface area contributed by atoms with Gasteiger partial charge in [0.25, 0.3) is 0 Å². The molecule has 0 saturated carbocycles. The monoisotopic (exact) mass is 177 g/mol. The van der Waals surface area contributed by atoms with Crippen molar-refractivity contribution in [3.63, 3.8) is 0 Å². The highest BCUT2D eigenvalue weighted by atomic mass is 16.3. The minimum Gasteiger partial charge on any atom is -0.508 e. The van der Waals surface area contributed by atoms with E-state index in [0.717, 1.165) is 18.7 Å². The van der Waals surface area contributed by atoms with Crippen molar-refractivity contribution in [3.05, 3.63) is 29.3 Å². The van der Waals surface area contributed by atoms with Gasteiger partial charge < -0.3 is 10.4 Å². The number of phenols is 1. The third kappa shape index (κ3) is 1.68. The van der Waals surface area contributed by atoms with Crippen LogP contribution in [0.25, 0.3) is 0 Å². The quantitative estimate of drug-likeness (QED) is 0.685. The number of phenolic OH excluding ortho intramolecular Hbond substituents is 1. The van der Waals surface area contributed by atoms with E-state index < -0.39 is 0 Å². The largest absolute Gasteiger partial charge is 0.508 e. The lowest BCUT2D eigenvalue weighted by molar-refractivity contribution is 0.470. The summed E-state index contributed by atoms with van der Waals surface area (Å²) in [7, 11) is 0. The summed E-state index contributed by atoms with van der Waals surface area (Å²) in [6.07, 6.45) is 1.21. The van der Waals surface area contributed by atoms with Crippen LogP contribution in [-0.4, -0.2) is 18.2 Å². The number of nitrogens with one attached hydrogen (secondary N) is 1. The highest BCUT2D eigenvalue weighted by Gasteiger charge is 2.16. The molecule has 0 radical (unpaired) electrons. The number of hydrogen-bond donors (Lipinski definition) is 2. The lowest BCUT2D eigenvalue weighted by Gasteiger charge is -2.09. The van der Waals surface area contributed by atoms with E-state index in [1.54, 1.807) is 6.07 Å². The van der Waals surface area contributed by atoms with Gasteiger partial charge in [0.1, 0.15) is 5.75 Å². The molecule has 1 heterocycles. The van der Waals surface area contributed by atoms with Crippen LogP contribution in [0.5, 0.6) is 5.75 Å². The van der Waals surface area contributed by atoms with E-state index >= 15 is 0 Å². The molecule has 0 aromatic heterocycles. The summed E-state index contributed by atoms with van der Waals surface area (Å²) in [5, 5.41) is 12.7. The van der Waals surface area contributed by atoms with E-state index in [1.807, 2.05) is 13.0 Å². The van der Waals surface area contributed by atoms with Crippen LogP contribution in [-0.2, 0) is 0 Å². The van der Waals surface area contributed by atoms with Crippen LogP contribution in [0.15, 0.2) is 18.2 Å². The fourth-order valence-corrected chi connectivity index (χ4v) is 1.87. The summed E-state index contributed by atoms with van der Waals surface area (Å²) in [6.45, 7) is 4.13. The smallest absolute Gasteiger partial charge is 0.118 e. The SMILES string of the molecule is Cc1cc([C@H]2CCNC2)ccc1O. The highest BCUT2D eigenvalue weighted by molar-refractivity contribution is 5.36. The van der Waals surface area contributed by atoms with Crippen molar-refractivity contribution in [2.24, 2.45) is 0 Å². The van der Waals surface area contributed by atoms with Crippen molar-refractivity contribution < 1.29 is 5.11 Å². The maximum Gasteiger partial charge on any atom is 0.118 e. The van der Waals surface area contributed by atoms with Crippen molar-refractivity contribution in [2.45, 2.75) is 19.3 Å². The molecule has 0 aliphatic carbocycles. The lowest BCUT2D eigenvalue weighted by Crippen LogP contribution is -2.07. The van der Waals surface area contributed by atoms with E-state index in [-0.39, 0.29) is 0 Å². The zero-order valence-corrected chi connectivity index (χ0v) is 7.88. The molecule has 2 N–H and O–H groups in total. The highest BCUT2D eigenvalue weighted by Crippen LogP contribution is 2.26. The molecule has 0 spiro atoms. The van der Waals surface area contributed by atoms with Gasteiger partial charge in [-0.1, -0.05) is 12.1 Å². The predicted molar refractivity (Wildman–Crippen MR) is 53.1 cm³/mol. The Morgan fingerprint density at radius 1 is 1.46 bits per heavy atom. The van der Waals surface area contributed by atoms with Gasteiger partial charge in [-0.2, -0.15) is 0 Å². The Hall–Kier alpha value is -1.02. The summed E-state index contributed by atoms with van der Waals surface area (Å²) < 4.78 is 0. The van der Waals surface area contributed by atoms with E-state index in [2.05, 4.69) is 11.4 Å². The Morgan fingerprint density at radius 3 is 2.92 bits per heavy atom. The molecule has 1 fully saturated rings. The molecule has 2 heteroatoms. The van der Waals surface area contributed by atoms with Crippen LogP contribution in [0, 0.1) is 6.92 Å². The zero-order chi connectivity index (χ0) is 9.26. The third-order valence-corrected chi connectivity index (χ3v) is 2.75. The standard InChI is InChI=1S/C11H15NO/c1-8-6-9(2-3-11(8)13)10-4-5-12-7-10/h2-3,6,10,12-13H,4-5,7H2,1H3/t10-/m0/s1. The Kier molecular flexibility index (Phi) is 2.23. The molecule has 1 atom stereocenters. The van der Waals surface area contributed by atoms with Gasteiger partial charge >= 0.3 is 0 Å². The van der Waals surface area contributed by atoms with Gasteiger partial charge in [0.05, 0.1) is 0 Å². The van der Waals surface area contributed by atoms with Gasteiger partial charge in [-0.05, 0) is 43.0 Å². The third-order valence-electron chi connectivity index (χ3n) is 2.75. The molecule has 0 unspecified atom stereocenters. The second-order valence-corrected chi connectivity index (χ2v) is 3.74. The maximum atomic E-state index is 9.37. The first-order valence-corrected chi connectivity index (χ1v) is 4.77. The lowest BCUT2D eigenvalue weighted by atomic mass is 9.97. The van der Waals surface area contributed by atoms with Gasteiger partial charge in [0, 0.05) is 6.54 Å². The average Bonchev–Trinajstić information content (AvgIpc) is 2.62. The van der Waals surface area contributed by atoms with E-state index in [1.165, 1.54) is 12.0 Å². The summed E-state index contributed by atoms with van der Waals surface area (Å²) in [5.74, 6) is 1.04. The molecule has 1 aliphatic rings. The summed E-state index contributed by atoms with van der Waals surface area (Å²) >= 11 is 0. The molecule has 0 amide bonds.